The quantitative estimate of drug-likeness (QED) is 0.848. The van der Waals surface area contributed by atoms with E-state index in [1.54, 1.807) is 0 Å². The summed E-state index contributed by atoms with van der Waals surface area (Å²) in [5.41, 5.74) is 5.84. The van der Waals surface area contributed by atoms with Gasteiger partial charge in [0.2, 0.25) is 0 Å². The summed E-state index contributed by atoms with van der Waals surface area (Å²) < 4.78 is 0.946. The van der Waals surface area contributed by atoms with Crippen molar-refractivity contribution < 1.29 is 0 Å². The summed E-state index contributed by atoms with van der Waals surface area (Å²) in [6, 6.07) is 4.38. The molecule has 1 aromatic carbocycles. The largest absolute Gasteiger partial charge is 0.369 e. The van der Waals surface area contributed by atoms with E-state index in [0.29, 0.717) is 0 Å². The van der Waals surface area contributed by atoms with Crippen LogP contribution in [-0.4, -0.2) is 16.5 Å². The summed E-state index contributed by atoms with van der Waals surface area (Å²) in [4.78, 5) is 9.35. The average molecular weight is 348 g/mol. The van der Waals surface area contributed by atoms with Crippen molar-refractivity contribution in [2.75, 3.05) is 11.9 Å². The van der Waals surface area contributed by atoms with Crippen LogP contribution in [0.25, 0.3) is 11.4 Å². The smallest absolute Gasteiger partial charge is 0.162 e. The minimum atomic E-state index is 0.787. The molecule has 2 aromatic rings. The molecule has 0 atom stereocenters. The molecule has 0 spiro atoms. The van der Waals surface area contributed by atoms with Crippen LogP contribution in [0.4, 0.5) is 5.82 Å². The van der Waals surface area contributed by atoms with Gasteiger partial charge in [-0.15, -0.1) is 0 Å². The Morgan fingerprint density at radius 2 is 1.67 bits per heavy atom. The molecular formula is C17H22BrN3. The van der Waals surface area contributed by atoms with Crippen molar-refractivity contribution in [1.82, 2.24) is 9.97 Å². The molecule has 0 radical (unpaired) electrons. The standard InChI is InChI=1S/C17H22BrN3/c1-6-7-19-17-15(18)13(5)20-16(21-17)14-9-11(3)10(2)8-12(14)4/h8-9H,6-7H2,1-5H3,(H,19,20,21). The molecule has 0 aliphatic rings. The van der Waals surface area contributed by atoms with Gasteiger partial charge in [0.15, 0.2) is 5.82 Å². The average Bonchev–Trinajstić information content (AvgIpc) is 2.44. The lowest BCUT2D eigenvalue weighted by molar-refractivity contribution is 0.958. The van der Waals surface area contributed by atoms with E-state index in [-0.39, 0.29) is 0 Å². The molecule has 2 rings (SSSR count). The van der Waals surface area contributed by atoms with Gasteiger partial charge in [-0.05, 0) is 72.8 Å². The van der Waals surface area contributed by atoms with E-state index in [9.17, 15) is 0 Å². The highest BCUT2D eigenvalue weighted by atomic mass is 79.9. The zero-order valence-corrected chi connectivity index (χ0v) is 14.9. The van der Waals surface area contributed by atoms with E-state index in [1.165, 1.54) is 16.7 Å². The Morgan fingerprint density at radius 3 is 2.33 bits per heavy atom. The SMILES string of the molecule is CCCNc1nc(-c2cc(C)c(C)cc2C)nc(C)c1Br. The number of benzene rings is 1. The number of aryl methyl sites for hydroxylation is 4. The fourth-order valence-electron chi connectivity index (χ4n) is 2.24. The highest BCUT2D eigenvalue weighted by Crippen LogP contribution is 2.29. The highest BCUT2D eigenvalue weighted by Gasteiger charge is 2.13. The van der Waals surface area contributed by atoms with Crippen molar-refractivity contribution in [1.29, 1.82) is 0 Å². The van der Waals surface area contributed by atoms with Crippen molar-refractivity contribution in [3.63, 3.8) is 0 Å². The van der Waals surface area contributed by atoms with Gasteiger partial charge in [-0.25, -0.2) is 9.97 Å². The zero-order valence-electron chi connectivity index (χ0n) is 13.3. The number of halogens is 1. The second-order valence-electron chi connectivity index (χ2n) is 5.47. The van der Waals surface area contributed by atoms with Gasteiger partial charge in [0.1, 0.15) is 5.82 Å². The van der Waals surface area contributed by atoms with Crippen molar-refractivity contribution in [3.05, 3.63) is 39.0 Å². The van der Waals surface area contributed by atoms with Crippen molar-refractivity contribution in [2.24, 2.45) is 0 Å². The van der Waals surface area contributed by atoms with Gasteiger partial charge >= 0.3 is 0 Å². The minimum Gasteiger partial charge on any atom is -0.369 e. The second-order valence-corrected chi connectivity index (χ2v) is 6.27. The van der Waals surface area contributed by atoms with Crippen LogP contribution < -0.4 is 5.32 Å². The lowest BCUT2D eigenvalue weighted by Crippen LogP contribution is -2.06. The maximum atomic E-state index is 4.70. The van der Waals surface area contributed by atoms with Gasteiger partial charge in [-0.3, -0.25) is 0 Å². The van der Waals surface area contributed by atoms with E-state index >= 15 is 0 Å². The molecule has 0 saturated heterocycles. The number of nitrogens with zero attached hydrogens (tertiary/aromatic N) is 2. The van der Waals surface area contributed by atoms with Gasteiger partial charge in [0.25, 0.3) is 0 Å². The third kappa shape index (κ3) is 3.43. The molecule has 0 saturated carbocycles. The van der Waals surface area contributed by atoms with Crippen LogP contribution in [0, 0.1) is 27.7 Å². The van der Waals surface area contributed by atoms with Crippen LogP contribution in [0.15, 0.2) is 16.6 Å². The van der Waals surface area contributed by atoms with Gasteiger partial charge in [0.05, 0.1) is 10.2 Å². The Balaban J connectivity index is 2.54. The van der Waals surface area contributed by atoms with Crippen molar-refractivity contribution in [2.45, 2.75) is 41.0 Å². The third-order valence-corrected chi connectivity index (χ3v) is 4.59. The summed E-state index contributed by atoms with van der Waals surface area (Å²) in [7, 11) is 0. The molecule has 0 amide bonds. The van der Waals surface area contributed by atoms with Crippen LogP contribution in [0.3, 0.4) is 0 Å². The number of rotatable bonds is 4. The van der Waals surface area contributed by atoms with Crippen LogP contribution in [0.1, 0.15) is 35.7 Å². The lowest BCUT2D eigenvalue weighted by atomic mass is 10.0. The molecule has 1 heterocycles. The second kappa shape index (κ2) is 6.56. The molecular weight excluding hydrogens is 326 g/mol. The number of nitrogens with one attached hydrogen (secondary N) is 1. The molecule has 112 valence electrons. The first kappa shape index (κ1) is 16.0. The molecule has 1 aromatic heterocycles. The summed E-state index contributed by atoms with van der Waals surface area (Å²) >= 11 is 3.57. The maximum absolute atomic E-state index is 4.70. The Kier molecular flexibility index (Phi) is 4.99. The molecule has 21 heavy (non-hydrogen) atoms. The summed E-state index contributed by atoms with van der Waals surface area (Å²) in [5, 5.41) is 3.36. The van der Waals surface area contributed by atoms with E-state index in [1.807, 2.05) is 6.92 Å². The molecule has 4 heteroatoms. The van der Waals surface area contributed by atoms with Crippen molar-refractivity contribution in [3.8, 4) is 11.4 Å². The fourth-order valence-corrected chi connectivity index (χ4v) is 2.56. The Labute approximate surface area is 135 Å². The Hall–Kier alpha value is -1.42. The number of hydrogen-bond donors (Lipinski definition) is 1. The molecule has 1 N–H and O–H groups in total. The predicted molar refractivity (Wildman–Crippen MR) is 92.9 cm³/mol. The van der Waals surface area contributed by atoms with E-state index in [4.69, 9.17) is 4.98 Å². The predicted octanol–water partition coefficient (Wildman–Crippen LogP) is 4.96. The maximum Gasteiger partial charge on any atom is 0.162 e. The molecule has 3 nitrogen and oxygen atoms in total. The van der Waals surface area contributed by atoms with E-state index in [2.05, 4.69) is 66.1 Å². The van der Waals surface area contributed by atoms with E-state index < -0.39 is 0 Å². The van der Waals surface area contributed by atoms with Gasteiger partial charge in [-0.2, -0.15) is 0 Å². The third-order valence-electron chi connectivity index (χ3n) is 3.64. The lowest BCUT2D eigenvalue weighted by Gasteiger charge is -2.13. The van der Waals surface area contributed by atoms with Gasteiger partial charge in [0, 0.05) is 12.1 Å². The number of anilines is 1. The monoisotopic (exact) mass is 347 g/mol. The number of aromatic nitrogens is 2. The van der Waals surface area contributed by atoms with Gasteiger partial charge < -0.3 is 5.32 Å². The van der Waals surface area contributed by atoms with Crippen molar-refractivity contribution >= 4 is 21.7 Å². The molecule has 0 bridgehead atoms. The van der Waals surface area contributed by atoms with Gasteiger partial charge in [-0.1, -0.05) is 13.0 Å². The zero-order chi connectivity index (χ0) is 15.6. The summed E-state index contributed by atoms with van der Waals surface area (Å²) in [6.07, 6.45) is 1.06. The fraction of sp³-hybridized carbons (Fsp3) is 0.412. The highest BCUT2D eigenvalue weighted by molar-refractivity contribution is 9.10. The topological polar surface area (TPSA) is 37.8 Å². The van der Waals surface area contributed by atoms with Crippen LogP contribution in [0.2, 0.25) is 0 Å². The number of hydrogen-bond acceptors (Lipinski definition) is 3. The molecule has 0 unspecified atom stereocenters. The van der Waals surface area contributed by atoms with E-state index in [0.717, 1.165) is 40.3 Å². The van der Waals surface area contributed by atoms with Crippen LogP contribution in [0.5, 0.6) is 0 Å². The molecule has 0 aliphatic carbocycles. The van der Waals surface area contributed by atoms with Crippen LogP contribution in [-0.2, 0) is 0 Å². The summed E-state index contributed by atoms with van der Waals surface area (Å²) in [5.74, 6) is 1.66. The Bertz CT molecular complexity index is 666. The first-order chi connectivity index (χ1) is 9.93. The summed E-state index contributed by atoms with van der Waals surface area (Å²) in [6.45, 7) is 11.4. The normalized spacial score (nSPS) is 10.8. The molecule has 0 aliphatic heterocycles. The Morgan fingerprint density at radius 1 is 1.00 bits per heavy atom. The first-order valence-corrected chi connectivity index (χ1v) is 8.09. The van der Waals surface area contributed by atoms with Crippen LogP contribution >= 0.6 is 15.9 Å². The first-order valence-electron chi connectivity index (χ1n) is 7.30. The molecule has 0 fully saturated rings. The minimum absolute atomic E-state index is 0.787.